The molecule has 0 spiro atoms. The molecule has 1 aromatic carbocycles. The normalized spacial score (nSPS) is 23.7. The van der Waals surface area contributed by atoms with Gasteiger partial charge >= 0.3 is 5.97 Å². The number of nitrogens with zero attached hydrogens (tertiary/aromatic N) is 1. The lowest BCUT2D eigenvalue weighted by Crippen LogP contribution is -2.52. The van der Waals surface area contributed by atoms with E-state index >= 15 is 0 Å². The number of piperidine rings is 1. The third-order valence-electron chi connectivity index (χ3n) is 5.55. The first kappa shape index (κ1) is 16.9. The lowest BCUT2D eigenvalue weighted by molar-refractivity contribution is -0.148. The second-order valence-electron chi connectivity index (χ2n) is 7.08. The summed E-state index contributed by atoms with van der Waals surface area (Å²) in [6.07, 6.45) is 5.72. The van der Waals surface area contributed by atoms with Gasteiger partial charge in [0.25, 0.3) is 0 Å². The SMILES string of the molecule is O=C(O)C1CCCN(C(=O)C2(c3cccc(F)c3)CCCCC2)C1. The van der Waals surface area contributed by atoms with Gasteiger partial charge in [-0.2, -0.15) is 0 Å². The third-order valence-corrected chi connectivity index (χ3v) is 5.55. The van der Waals surface area contributed by atoms with Gasteiger partial charge in [0, 0.05) is 13.1 Å². The average molecular weight is 333 g/mol. The molecule has 4 nitrogen and oxygen atoms in total. The molecule has 5 heteroatoms. The number of benzene rings is 1. The largest absolute Gasteiger partial charge is 0.481 e. The van der Waals surface area contributed by atoms with Crippen molar-refractivity contribution in [2.75, 3.05) is 13.1 Å². The maximum absolute atomic E-state index is 13.8. The Balaban J connectivity index is 1.91. The Morgan fingerprint density at radius 2 is 1.92 bits per heavy atom. The number of hydrogen-bond acceptors (Lipinski definition) is 2. The number of halogens is 1. The molecule has 3 rings (SSSR count). The fourth-order valence-corrected chi connectivity index (χ4v) is 4.23. The molecule has 130 valence electrons. The maximum atomic E-state index is 13.8. The number of amides is 1. The quantitative estimate of drug-likeness (QED) is 0.923. The Kier molecular flexibility index (Phi) is 4.88. The molecule has 1 N–H and O–H groups in total. The summed E-state index contributed by atoms with van der Waals surface area (Å²) < 4.78 is 13.8. The van der Waals surface area contributed by atoms with Crippen LogP contribution in [0.25, 0.3) is 0 Å². The second kappa shape index (κ2) is 6.91. The first-order valence-corrected chi connectivity index (χ1v) is 8.81. The Labute approximate surface area is 141 Å². The van der Waals surface area contributed by atoms with Gasteiger partial charge < -0.3 is 10.0 Å². The number of rotatable bonds is 3. The van der Waals surface area contributed by atoms with Crippen molar-refractivity contribution in [1.29, 1.82) is 0 Å². The van der Waals surface area contributed by atoms with Crippen molar-refractivity contribution in [2.24, 2.45) is 5.92 Å². The van der Waals surface area contributed by atoms with E-state index in [1.807, 2.05) is 6.07 Å². The molecule has 0 aromatic heterocycles. The van der Waals surface area contributed by atoms with Crippen LogP contribution >= 0.6 is 0 Å². The molecule has 1 atom stereocenters. The summed E-state index contributed by atoms with van der Waals surface area (Å²) >= 11 is 0. The molecular formula is C19H24FNO3. The highest BCUT2D eigenvalue weighted by Gasteiger charge is 2.45. The molecule has 1 saturated heterocycles. The van der Waals surface area contributed by atoms with Crippen LogP contribution < -0.4 is 0 Å². The van der Waals surface area contributed by atoms with Crippen LogP contribution in [0.4, 0.5) is 4.39 Å². The number of aliphatic carboxylic acids is 1. The Morgan fingerprint density at radius 3 is 2.58 bits per heavy atom. The minimum absolute atomic E-state index is 0.0150. The van der Waals surface area contributed by atoms with E-state index in [-0.39, 0.29) is 18.3 Å². The molecule has 2 aliphatic rings. The van der Waals surface area contributed by atoms with Crippen molar-refractivity contribution in [3.8, 4) is 0 Å². The molecule has 1 heterocycles. The summed E-state index contributed by atoms with van der Waals surface area (Å²) in [6, 6.07) is 6.36. The molecule has 1 saturated carbocycles. The first-order chi connectivity index (χ1) is 11.5. The Hall–Kier alpha value is -1.91. The minimum Gasteiger partial charge on any atom is -0.481 e. The van der Waals surface area contributed by atoms with Gasteiger partial charge in [0.1, 0.15) is 5.82 Å². The molecule has 1 unspecified atom stereocenters. The molecule has 24 heavy (non-hydrogen) atoms. The van der Waals surface area contributed by atoms with Crippen LogP contribution in [0.1, 0.15) is 50.5 Å². The predicted octanol–water partition coefficient (Wildman–Crippen LogP) is 3.35. The van der Waals surface area contributed by atoms with Crippen molar-refractivity contribution in [1.82, 2.24) is 4.90 Å². The molecule has 1 amide bonds. The first-order valence-electron chi connectivity index (χ1n) is 8.81. The van der Waals surface area contributed by atoms with Crippen LogP contribution in [0.3, 0.4) is 0 Å². The molecule has 2 fully saturated rings. The van der Waals surface area contributed by atoms with E-state index in [2.05, 4.69) is 0 Å². The van der Waals surface area contributed by atoms with Crippen LogP contribution in [0, 0.1) is 11.7 Å². The minimum atomic E-state index is -0.837. The van der Waals surface area contributed by atoms with Gasteiger partial charge in [0.2, 0.25) is 5.91 Å². The van der Waals surface area contributed by atoms with Crippen LogP contribution in [-0.4, -0.2) is 35.0 Å². The summed E-state index contributed by atoms with van der Waals surface area (Å²) in [4.78, 5) is 26.4. The number of carbonyl (C=O) groups excluding carboxylic acids is 1. The van der Waals surface area contributed by atoms with Gasteiger partial charge in [-0.25, -0.2) is 4.39 Å². The maximum Gasteiger partial charge on any atom is 0.308 e. The van der Waals surface area contributed by atoms with Crippen LogP contribution in [0.15, 0.2) is 24.3 Å². The molecule has 1 aliphatic carbocycles. The number of carboxylic acids is 1. The fraction of sp³-hybridized carbons (Fsp3) is 0.579. The van der Waals surface area contributed by atoms with E-state index < -0.39 is 17.3 Å². The third kappa shape index (κ3) is 3.17. The summed E-state index contributed by atoms with van der Waals surface area (Å²) in [5, 5.41) is 9.28. The molecule has 0 bridgehead atoms. The summed E-state index contributed by atoms with van der Waals surface area (Å²) in [5.41, 5.74) is 0.0467. The van der Waals surface area contributed by atoms with Gasteiger partial charge in [0.15, 0.2) is 0 Å². The van der Waals surface area contributed by atoms with Gasteiger partial charge in [0.05, 0.1) is 11.3 Å². The van der Waals surface area contributed by atoms with E-state index in [0.29, 0.717) is 32.2 Å². The number of likely N-dealkylation sites (tertiary alicyclic amines) is 1. The van der Waals surface area contributed by atoms with Gasteiger partial charge in [-0.1, -0.05) is 31.4 Å². The topological polar surface area (TPSA) is 57.6 Å². The van der Waals surface area contributed by atoms with Crippen molar-refractivity contribution in [3.05, 3.63) is 35.6 Å². The standard InChI is InChI=1S/C19H24FNO3/c20-16-8-4-7-15(12-16)19(9-2-1-3-10-19)18(24)21-11-5-6-14(13-21)17(22)23/h4,7-8,12,14H,1-3,5-6,9-11,13H2,(H,22,23). The van der Waals surface area contributed by atoms with Gasteiger partial charge in [-0.15, -0.1) is 0 Å². The predicted molar refractivity (Wildman–Crippen MR) is 88.1 cm³/mol. The second-order valence-corrected chi connectivity index (χ2v) is 7.08. The Morgan fingerprint density at radius 1 is 1.17 bits per heavy atom. The highest BCUT2D eigenvalue weighted by Crippen LogP contribution is 2.42. The molecule has 1 aliphatic heterocycles. The summed E-state index contributed by atoms with van der Waals surface area (Å²) in [6.45, 7) is 0.866. The highest BCUT2D eigenvalue weighted by molar-refractivity contribution is 5.89. The zero-order valence-corrected chi connectivity index (χ0v) is 13.8. The van der Waals surface area contributed by atoms with Crippen molar-refractivity contribution < 1.29 is 19.1 Å². The van der Waals surface area contributed by atoms with Crippen LogP contribution in [-0.2, 0) is 15.0 Å². The smallest absolute Gasteiger partial charge is 0.308 e. The number of hydrogen-bond donors (Lipinski definition) is 1. The summed E-state index contributed by atoms with van der Waals surface area (Å²) in [7, 11) is 0. The van der Waals surface area contributed by atoms with Crippen LogP contribution in [0.5, 0.6) is 0 Å². The van der Waals surface area contributed by atoms with Crippen LogP contribution in [0.2, 0.25) is 0 Å². The van der Waals surface area contributed by atoms with E-state index in [0.717, 1.165) is 24.8 Å². The van der Waals surface area contributed by atoms with Gasteiger partial charge in [-0.05, 0) is 43.4 Å². The van der Waals surface area contributed by atoms with Gasteiger partial charge in [-0.3, -0.25) is 9.59 Å². The monoisotopic (exact) mass is 333 g/mol. The zero-order chi connectivity index (χ0) is 17.2. The molecular weight excluding hydrogens is 309 g/mol. The average Bonchev–Trinajstić information content (AvgIpc) is 2.61. The van der Waals surface area contributed by atoms with E-state index in [1.54, 1.807) is 11.0 Å². The number of carbonyl (C=O) groups is 2. The molecule has 1 aromatic rings. The van der Waals surface area contributed by atoms with Crippen molar-refractivity contribution in [2.45, 2.75) is 50.4 Å². The van der Waals surface area contributed by atoms with E-state index in [4.69, 9.17) is 0 Å². The van der Waals surface area contributed by atoms with Crippen molar-refractivity contribution >= 4 is 11.9 Å². The lowest BCUT2D eigenvalue weighted by atomic mass is 9.68. The highest BCUT2D eigenvalue weighted by atomic mass is 19.1. The molecule has 0 radical (unpaired) electrons. The van der Waals surface area contributed by atoms with E-state index in [1.165, 1.54) is 12.1 Å². The lowest BCUT2D eigenvalue weighted by Gasteiger charge is -2.42. The zero-order valence-electron chi connectivity index (χ0n) is 13.8. The van der Waals surface area contributed by atoms with E-state index in [9.17, 15) is 19.1 Å². The van der Waals surface area contributed by atoms with Crippen molar-refractivity contribution in [3.63, 3.8) is 0 Å². The number of carboxylic acid groups (broad SMARTS) is 1. The summed E-state index contributed by atoms with van der Waals surface area (Å²) in [5.74, 6) is -1.67. The fourth-order valence-electron chi connectivity index (χ4n) is 4.23. The Bertz CT molecular complexity index is 625.